The van der Waals surface area contributed by atoms with Crippen molar-refractivity contribution in [1.29, 1.82) is 0 Å². The minimum Gasteiger partial charge on any atom is -0.369 e. The molecule has 3 heterocycles. The predicted molar refractivity (Wildman–Crippen MR) is 130 cm³/mol. The van der Waals surface area contributed by atoms with Crippen molar-refractivity contribution in [1.82, 2.24) is 8.79 Å². The van der Waals surface area contributed by atoms with Crippen LogP contribution < -0.4 is 10.2 Å². The van der Waals surface area contributed by atoms with Gasteiger partial charge in [-0.3, -0.25) is 0 Å². The van der Waals surface area contributed by atoms with Crippen LogP contribution in [0.5, 0.6) is 0 Å². The van der Waals surface area contributed by atoms with E-state index in [1.54, 1.807) is 6.92 Å². The van der Waals surface area contributed by atoms with E-state index in [0.29, 0.717) is 14.4 Å². The topological polar surface area (TPSA) is 75.8 Å². The summed E-state index contributed by atoms with van der Waals surface area (Å²) < 4.78 is 26.8. The van der Waals surface area contributed by atoms with Gasteiger partial charge in [0.25, 0.3) is 0 Å². The minimum atomic E-state index is -3.56. The average Bonchev–Trinajstić information content (AvgIpc) is 3.27. The van der Waals surface area contributed by atoms with Crippen molar-refractivity contribution in [2.45, 2.75) is 25.8 Å². The van der Waals surface area contributed by atoms with Crippen LogP contribution in [-0.4, -0.2) is 38.5 Å². The van der Waals surface area contributed by atoms with E-state index >= 15 is 0 Å². The van der Waals surface area contributed by atoms with Gasteiger partial charge >= 0.3 is 0 Å². The average molecular weight is 478 g/mol. The van der Waals surface area contributed by atoms with E-state index in [9.17, 15) is 8.42 Å². The Labute approximate surface area is 192 Å². The quantitative estimate of drug-likeness (QED) is 0.659. The molecule has 0 bridgehead atoms. The number of benzene rings is 1. The van der Waals surface area contributed by atoms with Crippen molar-refractivity contribution in [3.8, 4) is 0 Å². The fourth-order valence-electron chi connectivity index (χ4n) is 4.20. The molecule has 31 heavy (non-hydrogen) atoms. The van der Waals surface area contributed by atoms with E-state index in [4.69, 9.17) is 17.3 Å². The minimum absolute atomic E-state index is 0.0265. The summed E-state index contributed by atoms with van der Waals surface area (Å²) in [5.74, 6) is -0.203. The summed E-state index contributed by atoms with van der Waals surface area (Å²) in [6, 6.07) is 12.2. The Morgan fingerprint density at radius 2 is 2.00 bits per heavy atom. The normalized spacial score (nSPS) is 27.6. The van der Waals surface area contributed by atoms with Crippen molar-refractivity contribution in [2.75, 3.05) is 19.8 Å². The van der Waals surface area contributed by atoms with Crippen LogP contribution in [0.4, 0.5) is 5.69 Å². The standard InChI is InChI=1S/C22H26ClN4O2S2/c1-5-16-11-15(13-27(16,4)17-9-7-6-8-10-17)19-12-18(23)20(30-19)22(2)14-31(28,29)26(3)21(24)25-22/h6-13H,5,14H2,1-4H3,(H2,24,25)/q+1. The lowest BCUT2D eigenvalue weighted by molar-refractivity contribution is 0.482. The summed E-state index contributed by atoms with van der Waals surface area (Å²) in [5.41, 5.74) is 8.41. The Bertz CT molecular complexity index is 1230. The third kappa shape index (κ3) is 3.61. The van der Waals surface area contributed by atoms with E-state index in [1.165, 1.54) is 29.8 Å². The van der Waals surface area contributed by atoms with Crippen LogP contribution in [0.1, 0.15) is 30.0 Å². The largest absolute Gasteiger partial charge is 0.369 e. The second-order valence-electron chi connectivity index (χ2n) is 8.24. The van der Waals surface area contributed by atoms with E-state index in [2.05, 4.69) is 43.4 Å². The molecular weight excluding hydrogens is 452 g/mol. The molecule has 0 fully saturated rings. The number of nitrogens with zero attached hydrogens (tertiary/aromatic N) is 3. The third-order valence-electron chi connectivity index (χ3n) is 6.00. The zero-order valence-electron chi connectivity index (χ0n) is 18.0. The molecule has 1 aromatic heterocycles. The number of allylic oxidation sites excluding steroid dienone is 3. The molecule has 2 unspecified atom stereocenters. The summed E-state index contributed by atoms with van der Waals surface area (Å²) in [5, 5.41) is 0.506. The van der Waals surface area contributed by atoms with Crippen molar-refractivity contribution in [2.24, 2.45) is 10.7 Å². The fourth-order valence-corrected chi connectivity index (χ4v) is 7.34. The smallest absolute Gasteiger partial charge is 0.239 e. The highest BCUT2D eigenvalue weighted by molar-refractivity contribution is 7.89. The molecule has 2 aliphatic rings. The number of quaternary nitrogens is 1. The van der Waals surface area contributed by atoms with Gasteiger partial charge in [-0.25, -0.2) is 22.2 Å². The summed E-state index contributed by atoms with van der Waals surface area (Å²) in [4.78, 5) is 6.18. The van der Waals surface area contributed by atoms with Crippen LogP contribution in [0, 0.1) is 0 Å². The molecule has 2 aliphatic heterocycles. The molecule has 0 spiro atoms. The second-order valence-corrected chi connectivity index (χ2v) is 11.7. The molecule has 2 atom stereocenters. The first kappa shape index (κ1) is 22.1. The van der Waals surface area contributed by atoms with E-state index < -0.39 is 15.6 Å². The number of thiophene rings is 1. The van der Waals surface area contributed by atoms with Crippen LogP contribution in [0.3, 0.4) is 0 Å². The van der Waals surface area contributed by atoms with Crippen molar-refractivity contribution in [3.05, 3.63) is 69.1 Å². The van der Waals surface area contributed by atoms with Crippen LogP contribution in [-0.2, 0) is 15.6 Å². The van der Waals surface area contributed by atoms with Crippen LogP contribution in [0.15, 0.2) is 59.4 Å². The predicted octanol–water partition coefficient (Wildman–Crippen LogP) is 4.49. The molecule has 0 radical (unpaired) electrons. The number of hydrogen-bond donors (Lipinski definition) is 1. The highest BCUT2D eigenvalue weighted by atomic mass is 35.5. The van der Waals surface area contributed by atoms with E-state index in [0.717, 1.165) is 21.2 Å². The number of para-hydroxylation sites is 1. The SMILES string of the molecule is CCC1=CC(c2cc(Cl)c(C3(C)CS(=O)(=O)N(C)C(N)=N3)s2)=C[N+]1(C)c1ccccc1. The zero-order valence-corrected chi connectivity index (χ0v) is 20.4. The van der Waals surface area contributed by atoms with Gasteiger partial charge in [0, 0.05) is 24.4 Å². The molecule has 0 saturated carbocycles. The van der Waals surface area contributed by atoms with Gasteiger partial charge in [0.15, 0.2) is 0 Å². The molecule has 9 heteroatoms. The van der Waals surface area contributed by atoms with Crippen molar-refractivity contribution < 1.29 is 8.42 Å². The van der Waals surface area contributed by atoms with Crippen molar-refractivity contribution >= 4 is 50.2 Å². The van der Waals surface area contributed by atoms with Crippen LogP contribution >= 0.6 is 22.9 Å². The van der Waals surface area contributed by atoms with E-state index in [1.807, 2.05) is 24.3 Å². The Balaban J connectivity index is 1.78. The van der Waals surface area contributed by atoms with Gasteiger partial charge in [-0.1, -0.05) is 36.7 Å². The number of halogens is 1. The Kier molecular flexibility index (Phi) is 5.33. The highest BCUT2D eigenvalue weighted by Crippen LogP contribution is 2.46. The van der Waals surface area contributed by atoms with Crippen LogP contribution in [0.25, 0.3) is 5.57 Å². The van der Waals surface area contributed by atoms with Gasteiger partial charge in [0.1, 0.15) is 23.1 Å². The molecule has 2 N–H and O–H groups in total. The van der Waals surface area contributed by atoms with Gasteiger partial charge in [-0.2, -0.15) is 0 Å². The number of nitrogens with two attached hydrogens (primary N) is 1. The van der Waals surface area contributed by atoms with Gasteiger partial charge in [0.2, 0.25) is 16.0 Å². The molecule has 1 aromatic carbocycles. The Morgan fingerprint density at radius 1 is 1.32 bits per heavy atom. The summed E-state index contributed by atoms with van der Waals surface area (Å²) in [6.07, 6.45) is 5.32. The summed E-state index contributed by atoms with van der Waals surface area (Å²) >= 11 is 8.09. The maximum absolute atomic E-state index is 12.6. The third-order valence-corrected chi connectivity index (χ3v) is 9.79. The number of hydrogen-bond acceptors (Lipinski definition) is 5. The molecule has 2 aromatic rings. The first-order valence-electron chi connectivity index (χ1n) is 9.98. The lowest BCUT2D eigenvalue weighted by Crippen LogP contribution is -2.50. The Morgan fingerprint density at radius 3 is 2.61 bits per heavy atom. The molecule has 0 aliphatic carbocycles. The molecule has 164 valence electrons. The van der Waals surface area contributed by atoms with Crippen molar-refractivity contribution in [3.63, 3.8) is 0 Å². The molecule has 4 rings (SSSR count). The number of rotatable bonds is 4. The first-order chi connectivity index (χ1) is 14.5. The molecule has 0 saturated heterocycles. The first-order valence-corrected chi connectivity index (χ1v) is 12.8. The second kappa shape index (κ2) is 7.48. The van der Waals surface area contributed by atoms with Gasteiger partial charge in [-0.15, -0.1) is 11.3 Å². The highest BCUT2D eigenvalue weighted by Gasteiger charge is 2.43. The lowest BCUT2D eigenvalue weighted by Gasteiger charge is -2.33. The number of aliphatic imine (C=N–C) groups is 1. The summed E-state index contributed by atoms with van der Waals surface area (Å²) in [6.45, 7) is 3.92. The molecule has 6 nitrogen and oxygen atoms in total. The zero-order chi connectivity index (χ0) is 22.6. The molecular formula is C22H26ClN4O2S2+. The fraction of sp³-hybridized carbons (Fsp3) is 0.318. The van der Waals surface area contributed by atoms with Gasteiger partial charge in [-0.05, 0) is 25.1 Å². The van der Waals surface area contributed by atoms with Gasteiger partial charge < -0.3 is 5.73 Å². The van der Waals surface area contributed by atoms with Gasteiger partial charge in [0.05, 0.1) is 28.3 Å². The molecule has 0 amide bonds. The lowest BCUT2D eigenvalue weighted by atomic mass is 10.0. The maximum atomic E-state index is 12.6. The van der Waals surface area contributed by atoms with E-state index in [-0.39, 0.29) is 11.7 Å². The Hall–Kier alpha value is -2.13. The maximum Gasteiger partial charge on any atom is 0.239 e. The van der Waals surface area contributed by atoms with Crippen LogP contribution in [0.2, 0.25) is 5.02 Å². The summed E-state index contributed by atoms with van der Waals surface area (Å²) in [7, 11) is 0.0206. The number of sulfonamides is 1. The monoisotopic (exact) mass is 477 g/mol. The number of guanidine groups is 1.